The van der Waals surface area contributed by atoms with Crippen LogP contribution in [0.4, 0.5) is 8.78 Å². The van der Waals surface area contributed by atoms with Crippen molar-refractivity contribution in [3.05, 3.63) is 34.9 Å². The monoisotopic (exact) mass is 239 g/mol. The van der Waals surface area contributed by atoms with Gasteiger partial charge in [-0.3, -0.25) is 0 Å². The Balaban J connectivity index is 2.47. The lowest BCUT2D eigenvalue weighted by Crippen LogP contribution is -2.38. The van der Waals surface area contributed by atoms with Crippen LogP contribution in [0, 0.1) is 18.6 Å². The van der Waals surface area contributed by atoms with E-state index in [-0.39, 0.29) is 5.56 Å². The molecule has 0 amide bonds. The van der Waals surface area contributed by atoms with Gasteiger partial charge < -0.3 is 5.73 Å². The highest BCUT2D eigenvalue weighted by molar-refractivity contribution is 5.32. The number of benzene rings is 1. The third-order valence-corrected chi connectivity index (χ3v) is 3.78. The number of aryl methyl sites for hydroxylation is 1. The molecule has 1 aromatic rings. The van der Waals surface area contributed by atoms with Crippen LogP contribution in [0.25, 0.3) is 0 Å². The zero-order valence-corrected chi connectivity index (χ0v) is 10.2. The molecule has 0 aromatic heterocycles. The van der Waals surface area contributed by atoms with E-state index < -0.39 is 17.2 Å². The molecule has 3 heteroatoms. The van der Waals surface area contributed by atoms with Crippen molar-refractivity contribution in [3.8, 4) is 0 Å². The SMILES string of the molecule is Cc1ccc(F)c(C2(N)CCCCCC2)c1F. The molecule has 0 unspecified atom stereocenters. The third kappa shape index (κ3) is 2.34. The Bertz CT molecular complexity index is 407. The summed E-state index contributed by atoms with van der Waals surface area (Å²) in [6.45, 7) is 1.65. The van der Waals surface area contributed by atoms with E-state index in [9.17, 15) is 8.78 Å². The van der Waals surface area contributed by atoms with E-state index in [4.69, 9.17) is 5.73 Å². The maximum absolute atomic E-state index is 14.1. The van der Waals surface area contributed by atoms with Crippen LogP contribution in [-0.2, 0) is 5.54 Å². The van der Waals surface area contributed by atoms with Crippen molar-refractivity contribution in [1.29, 1.82) is 0 Å². The van der Waals surface area contributed by atoms with Crippen LogP contribution in [0.15, 0.2) is 12.1 Å². The third-order valence-electron chi connectivity index (χ3n) is 3.78. The summed E-state index contributed by atoms with van der Waals surface area (Å²) in [5.41, 5.74) is 6.01. The lowest BCUT2D eigenvalue weighted by Gasteiger charge is -2.29. The first-order valence-electron chi connectivity index (χ1n) is 6.28. The molecule has 0 atom stereocenters. The van der Waals surface area contributed by atoms with Gasteiger partial charge in [-0.1, -0.05) is 31.7 Å². The van der Waals surface area contributed by atoms with Crippen LogP contribution in [0.1, 0.15) is 49.7 Å². The van der Waals surface area contributed by atoms with Gasteiger partial charge in [0.1, 0.15) is 11.6 Å². The molecule has 1 saturated carbocycles. The van der Waals surface area contributed by atoms with Crippen molar-refractivity contribution in [1.82, 2.24) is 0 Å². The van der Waals surface area contributed by atoms with E-state index in [1.54, 1.807) is 6.92 Å². The summed E-state index contributed by atoms with van der Waals surface area (Å²) in [6.07, 6.45) is 5.45. The molecule has 0 saturated heterocycles. The summed E-state index contributed by atoms with van der Waals surface area (Å²) in [6, 6.07) is 2.79. The second-order valence-corrected chi connectivity index (χ2v) is 5.12. The van der Waals surface area contributed by atoms with Crippen LogP contribution < -0.4 is 5.73 Å². The molecule has 1 aliphatic carbocycles. The van der Waals surface area contributed by atoms with E-state index in [0.717, 1.165) is 25.7 Å². The summed E-state index contributed by atoms with van der Waals surface area (Å²) in [5, 5.41) is 0. The van der Waals surface area contributed by atoms with Gasteiger partial charge in [0, 0.05) is 11.1 Å². The maximum atomic E-state index is 14.1. The summed E-state index contributed by atoms with van der Waals surface area (Å²) >= 11 is 0. The summed E-state index contributed by atoms with van der Waals surface area (Å²) < 4.78 is 28.0. The Morgan fingerprint density at radius 1 is 1.06 bits per heavy atom. The molecule has 1 nitrogen and oxygen atoms in total. The lowest BCUT2D eigenvalue weighted by atomic mass is 9.82. The molecule has 1 aromatic carbocycles. The van der Waals surface area contributed by atoms with Crippen molar-refractivity contribution in [2.75, 3.05) is 0 Å². The molecule has 2 N–H and O–H groups in total. The lowest BCUT2D eigenvalue weighted by molar-refractivity contribution is 0.349. The number of halogens is 2. The first kappa shape index (κ1) is 12.5. The van der Waals surface area contributed by atoms with E-state index >= 15 is 0 Å². The number of nitrogens with two attached hydrogens (primary N) is 1. The van der Waals surface area contributed by atoms with Crippen molar-refractivity contribution >= 4 is 0 Å². The number of hydrogen-bond acceptors (Lipinski definition) is 1. The Hall–Kier alpha value is -0.960. The fraction of sp³-hybridized carbons (Fsp3) is 0.571. The highest BCUT2D eigenvalue weighted by atomic mass is 19.1. The largest absolute Gasteiger partial charge is 0.321 e. The second kappa shape index (κ2) is 4.73. The van der Waals surface area contributed by atoms with Crippen LogP contribution in [-0.4, -0.2) is 0 Å². The molecule has 0 aliphatic heterocycles. The van der Waals surface area contributed by atoms with E-state index in [1.165, 1.54) is 12.1 Å². The molecule has 1 fully saturated rings. The Labute approximate surface area is 101 Å². The van der Waals surface area contributed by atoms with Crippen molar-refractivity contribution < 1.29 is 8.78 Å². The average molecular weight is 239 g/mol. The topological polar surface area (TPSA) is 26.0 Å². The quantitative estimate of drug-likeness (QED) is 0.741. The van der Waals surface area contributed by atoms with Gasteiger partial charge in [0.15, 0.2) is 0 Å². The predicted octanol–water partition coefficient (Wildman–Crippen LogP) is 3.78. The van der Waals surface area contributed by atoms with Gasteiger partial charge in [0.25, 0.3) is 0 Å². The number of rotatable bonds is 1. The fourth-order valence-corrected chi connectivity index (χ4v) is 2.72. The Morgan fingerprint density at radius 3 is 2.24 bits per heavy atom. The summed E-state index contributed by atoms with van der Waals surface area (Å²) in [7, 11) is 0. The smallest absolute Gasteiger partial charge is 0.134 e. The van der Waals surface area contributed by atoms with Crippen LogP contribution in [0.2, 0.25) is 0 Å². The van der Waals surface area contributed by atoms with Gasteiger partial charge in [-0.25, -0.2) is 8.78 Å². The van der Waals surface area contributed by atoms with E-state index in [0.29, 0.717) is 18.4 Å². The minimum absolute atomic E-state index is 0.0967. The molecule has 0 spiro atoms. The molecule has 94 valence electrons. The molecule has 17 heavy (non-hydrogen) atoms. The average Bonchev–Trinajstić information content (AvgIpc) is 2.50. The first-order chi connectivity index (χ1) is 8.04. The van der Waals surface area contributed by atoms with Gasteiger partial charge in [0.2, 0.25) is 0 Å². The van der Waals surface area contributed by atoms with Gasteiger partial charge in [-0.15, -0.1) is 0 Å². The van der Waals surface area contributed by atoms with Gasteiger partial charge in [0.05, 0.1) is 0 Å². The van der Waals surface area contributed by atoms with Crippen LogP contribution in [0.3, 0.4) is 0 Å². The normalized spacial score (nSPS) is 20.0. The van der Waals surface area contributed by atoms with Gasteiger partial charge in [-0.2, -0.15) is 0 Å². The molecular weight excluding hydrogens is 220 g/mol. The minimum atomic E-state index is -0.823. The van der Waals surface area contributed by atoms with Crippen LogP contribution >= 0.6 is 0 Å². The van der Waals surface area contributed by atoms with Crippen molar-refractivity contribution in [3.63, 3.8) is 0 Å². The van der Waals surface area contributed by atoms with Crippen LogP contribution in [0.5, 0.6) is 0 Å². The zero-order chi connectivity index (χ0) is 12.5. The maximum Gasteiger partial charge on any atom is 0.134 e. The molecule has 2 rings (SSSR count). The molecule has 0 bridgehead atoms. The Morgan fingerprint density at radius 2 is 1.65 bits per heavy atom. The molecular formula is C14H19F2N. The summed E-state index contributed by atoms with van der Waals surface area (Å²) in [4.78, 5) is 0. The fourth-order valence-electron chi connectivity index (χ4n) is 2.72. The van der Waals surface area contributed by atoms with E-state index in [2.05, 4.69) is 0 Å². The highest BCUT2D eigenvalue weighted by Crippen LogP contribution is 2.37. The predicted molar refractivity (Wildman–Crippen MR) is 64.7 cm³/mol. The summed E-state index contributed by atoms with van der Waals surface area (Å²) in [5.74, 6) is -0.966. The van der Waals surface area contributed by atoms with Gasteiger partial charge >= 0.3 is 0 Å². The molecule has 1 aliphatic rings. The zero-order valence-electron chi connectivity index (χ0n) is 10.2. The molecule has 0 heterocycles. The second-order valence-electron chi connectivity index (χ2n) is 5.12. The first-order valence-corrected chi connectivity index (χ1v) is 6.28. The molecule has 0 radical (unpaired) electrons. The van der Waals surface area contributed by atoms with E-state index in [1.807, 2.05) is 0 Å². The Kier molecular flexibility index (Phi) is 3.48. The van der Waals surface area contributed by atoms with Gasteiger partial charge in [-0.05, 0) is 31.4 Å². The highest BCUT2D eigenvalue weighted by Gasteiger charge is 2.34. The van der Waals surface area contributed by atoms with Crippen molar-refractivity contribution in [2.24, 2.45) is 5.73 Å². The number of hydrogen-bond donors (Lipinski definition) is 1. The minimum Gasteiger partial charge on any atom is -0.321 e. The standard InChI is InChI=1S/C14H19F2N/c1-10-6-7-11(15)12(13(10)16)14(17)8-4-2-3-5-9-14/h6-7H,2-5,8-9,17H2,1H3. The van der Waals surface area contributed by atoms with Crippen molar-refractivity contribution in [2.45, 2.75) is 51.0 Å².